The van der Waals surface area contributed by atoms with Gasteiger partial charge in [-0.15, -0.1) is 0 Å². The first-order valence-electron chi connectivity index (χ1n) is 7.22. The molecule has 0 unspecified atom stereocenters. The van der Waals surface area contributed by atoms with Gasteiger partial charge in [0.2, 0.25) is 0 Å². The van der Waals surface area contributed by atoms with E-state index in [0.717, 1.165) is 39.1 Å². The summed E-state index contributed by atoms with van der Waals surface area (Å²) >= 11 is 0. The maximum atomic E-state index is 12.8. The predicted molar refractivity (Wildman–Crippen MR) is 87.3 cm³/mol. The van der Waals surface area contributed by atoms with Crippen molar-refractivity contribution < 1.29 is 9.53 Å². The second kappa shape index (κ2) is 4.85. The van der Waals surface area contributed by atoms with Gasteiger partial charge in [-0.1, -0.05) is 60.7 Å². The molecule has 0 aliphatic heterocycles. The molecule has 2 heteroatoms. The average molecular weight is 286 g/mol. The van der Waals surface area contributed by atoms with Gasteiger partial charge < -0.3 is 4.74 Å². The minimum absolute atomic E-state index is 0.0899. The van der Waals surface area contributed by atoms with Crippen LogP contribution in [0.4, 0.5) is 0 Å². The molecule has 0 saturated heterocycles. The number of methoxy groups -OCH3 is 1. The Morgan fingerprint density at radius 2 is 1.18 bits per heavy atom. The molecule has 0 radical (unpaired) electrons. The van der Waals surface area contributed by atoms with Crippen molar-refractivity contribution in [3.05, 3.63) is 77.9 Å². The minimum Gasteiger partial charge on any atom is -0.496 e. The molecule has 0 aromatic heterocycles. The van der Waals surface area contributed by atoms with Crippen LogP contribution in [0.5, 0.6) is 5.75 Å². The van der Waals surface area contributed by atoms with E-state index in [1.165, 1.54) is 0 Å². The number of benzene rings is 3. The first kappa shape index (κ1) is 12.8. The van der Waals surface area contributed by atoms with Gasteiger partial charge in [-0.25, -0.2) is 0 Å². The van der Waals surface area contributed by atoms with E-state index < -0.39 is 0 Å². The first-order chi connectivity index (χ1) is 10.8. The van der Waals surface area contributed by atoms with E-state index >= 15 is 0 Å². The topological polar surface area (TPSA) is 26.3 Å². The molecule has 0 spiro atoms. The quantitative estimate of drug-likeness (QED) is 0.539. The number of ether oxygens (including phenoxy) is 1. The normalized spacial score (nSPS) is 12.0. The van der Waals surface area contributed by atoms with E-state index in [0.29, 0.717) is 0 Å². The molecule has 0 amide bonds. The fraction of sp³-hybridized carbons (Fsp3) is 0.0500. The molecule has 106 valence electrons. The van der Waals surface area contributed by atoms with Gasteiger partial charge in [-0.05, 0) is 22.8 Å². The smallest absolute Gasteiger partial charge is 0.194 e. The highest BCUT2D eigenvalue weighted by molar-refractivity contribution is 6.24. The Morgan fingerprint density at radius 3 is 1.91 bits per heavy atom. The average Bonchev–Trinajstić information content (AvgIpc) is 2.88. The number of rotatable bonds is 2. The number of carbonyl (C=O) groups excluding carboxylic acids is 1. The van der Waals surface area contributed by atoms with Gasteiger partial charge >= 0.3 is 0 Å². The molecule has 0 atom stereocenters. The van der Waals surface area contributed by atoms with E-state index in [-0.39, 0.29) is 5.78 Å². The fourth-order valence-electron chi connectivity index (χ4n) is 3.16. The van der Waals surface area contributed by atoms with Crippen molar-refractivity contribution in [2.45, 2.75) is 0 Å². The SMILES string of the molecule is COc1ccccc1-c1cccc2c1C(=O)c1ccccc1-2. The van der Waals surface area contributed by atoms with E-state index in [4.69, 9.17) is 4.74 Å². The minimum atomic E-state index is 0.0899. The first-order valence-corrected chi connectivity index (χ1v) is 7.22. The van der Waals surface area contributed by atoms with E-state index in [1.54, 1.807) is 7.11 Å². The van der Waals surface area contributed by atoms with Crippen LogP contribution < -0.4 is 4.74 Å². The highest BCUT2D eigenvalue weighted by Crippen LogP contribution is 2.43. The Kier molecular flexibility index (Phi) is 2.83. The molecule has 3 aromatic carbocycles. The van der Waals surface area contributed by atoms with Gasteiger partial charge in [-0.3, -0.25) is 4.79 Å². The van der Waals surface area contributed by atoms with Crippen molar-refractivity contribution in [2.75, 3.05) is 7.11 Å². The molecule has 0 fully saturated rings. The van der Waals surface area contributed by atoms with E-state index in [2.05, 4.69) is 0 Å². The summed E-state index contributed by atoms with van der Waals surface area (Å²) in [5, 5.41) is 0. The number of para-hydroxylation sites is 1. The monoisotopic (exact) mass is 286 g/mol. The van der Waals surface area contributed by atoms with Crippen LogP contribution in [0.2, 0.25) is 0 Å². The summed E-state index contributed by atoms with van der Waals surface area (Å²) in [4.78, 5) is 12.8. The van der Waals surface area contributed by atoms with Crippen molar-refractivity contribution in [2.24, 2.45) is 0 Å². The van der Waals surface area contributed by atoms with E-state index in [1.807, 2.05) is 66.7 Å². The number of fused-ring (bicyclic) bond motifs is 3. The lowest BCUT2D eigenvalue weighted by atomic mass is 9.95. The van der Waals surface area contributed by atoms with Gasteiger partial charge in [0.1, 0.15) is 5.75 Å². The van der Waals surface area contributed by atoms with Crippen LogP contribution in [-0.2, 0) is 0 Å². The van der Waals surface area contributed by atoms with Crippen LogP contribution in [0.3, 0.4) is 0 Å². The summed E-state index contributed by atoms with van der Waals surface area (Å²) in [6.45, 7) is 0. The molecule has 22 heavy (non-hydrogen) atoms. The lowest BCUT2D eigenvalue weighted by Crippen LogP contribution is -1.99. The number of carbonyl (C=O) groups is 1. The standard InChI is InChI=1S/C20H14O2/c1-22-18-12-5-4-8-14(18)16-11-6-10-15-13-7-2-3-9-17(13)20(21)19(15)16/h2-12H,1H3. The molecule has 2 nitrogen and oxygen atoms in total. The Labute approximate surface area is 129 Å². The number of hydrogen-bond donors (Lipinski definition) is 0. The summed E-state index contributed by atoms with van der Waals surface area (Å²) < 4.78 is 5.46. The maximum Gasteiger partial charge on any atom is 0.194 e. The van der Waals surface area contributed by atoms with Crippen LogP contribution in [0.25, 0.3) is 22.3 Å². The maximum absolute atomic E-state index is 12.8. The molecule has 0 heterocycles. The summed E-state index contributed by atoms with van der Waals surface area (Å²) in [5.74, 6) is 0.867. The van der Waals surface area contributed by atoms with Crippen molar-refractivity contribution in [1.82, 2.24) is 0 Å². The summed E-state index contributed by atoms with van der Waals surface area (Å²) in [6, 6.07) is 21.6. The second-order valence-corrected chi connectivity index (χ2v) is 5.30. The predicted octanol–water partition coefficient (Wildman–Crippen LogP) is 4.57. The second-order valence-electron chi connectivity index (χ2n) is 5.30. The Balaban J connectivity index is 2.02. The molecule has 0 saturated carbocycles. The lowest BCUT2D eigenvalue weighted by Gasteiger charge is -2.11. The van der Waals surface area contributed by atoms with Crippen LogP contribution in [-0.4, -0.2) is 12.9 Å². The van der Waals surface area contributed by atoms with E-state index in [9.17, 15) is 4.79 Å². The van der Waals surface area contributed by atoms with Crippen molar-refractivity contribution in [3.8, 4) is 28.0 Å². The molecular formula is C20H14O2. The highest BCUT2D eigenvalue weighted by Gasteiger charge is 2.29. The van der Waals surface area contributed by atoms with Crippen LogP contribution >= 0.6 is 0 Å². The van der Waals surface area contributed by atoms with Crippen LogP contribution in [0, 0.1) is 0 Å². The molecule has 1 aliphatic carbocycles. The Morgan fingerprint density at radius 1 is 0.636 bits per heavy atom. The molecular weight excluding hydrogens is 272 g/mol. The van der Waals surface area contributed by atoms with Crippen molar-refractivity contribution in [1.29, 1.82) is 0 Å². The Bertz CT molecular complexity index is 894. The summed E-state index contributed by atoms with van der Waals surface area (Å²) in [5.41, 5.74) is 5.44. The highest BCUT2D eigenvalue weighted by atomic mass is 16.5. The van der Waals surface area contributed by atoms with Gasteiger partial charge in [0, 0.05) is 16.7 Å². The number of hydrogen-bond acceptors (Lipinski definition) is 2. The third-order valence-electron chi connectivity index (χ3n) is 4.15. The van der Waals surface area contributed by atoms with Gasteiger partial charge in [0.25, 0.3) is 0 Å². The molecule has 3 aromatic rings. The number of ketones is 1. The third kappa shape index (κ3) is 1.70. The molecule has 0 N–H and O–H groups in total. The fourth-order valence-corrected chi connectivity index (χ4v) is 3.16. The zero-order valence-corrected chi connectivity index (χ0v) is 12.2. The zero-order valence-electron chi connectivity index (χ0n) is 12.2. The zero-order chi connectivity index (χ0) is 15.1. The van der Waals surface area contributed by atoms with Gasteiger partial charge in [0.05, 0.1) is 7.11 Å². The summed E-state index contributed by atoms with van der Waals surface area (Å²) in [6.07, 6.45) is 0. The van der Waals surface area contributed by atoms with Crippen molar-refractivity contribution in [3.63, 3.8) is 0 Å². The lowest BCUT2D eigenvalue weighted by molar-refractivity contribution is 0.104. The third-order valence-corrected chi connectivity index (χ3v) is 4.15. The van der Waals surface area contributed by atoms with Crippen LogP contribution in [0.1, 0.15) is 15.9 Å². The molecule has 4 rings (SSSR count). The van der Waals surface area contributed by atoms with Crippen LogP contribution in [0.15, 0.2) is 66.7 Å². The van der Waals surface area contributed by atoms with Gasteiger partial charge in [-0.2, -0.15) is 0 Å². The molecule has 0 bridgehead atoms. The molecule has 1 aliphatic rings. The summed E-state index contributed by atoms with van der Waals surface area (Å²) in [7, 11) is 1.65. The van der Waals surface area contributed by atoms with Crippen molar-refractivity contribution >= 4 is 5.78 Å². The Hall–Kier alpha value is -2.87. The largest absolute Gasteiger partial charge is 0.496 e. The van der Waals surface area contributed by atoms with Gasteiger partial charge in [0.15, 0.2) is 5.78 Å².